The number of aromatic nitrogens is 1. The topological polar surface area (TPSA) is 74.3 Å². The number of hydrogen-bond donors (Lipinski definition) is 2. The lowest BCUT2D eigenvalue weighted by molar-refractivity contribution is -0.125. The van der Waals surface area contributed by atoms with Gasteiger partial charge >= 0.3 is 0 Å². The van der Waals surface area contributed by atoms with E-state index in [0.29, 0.717) is 19.4 Å². The van der Waals surface area contributed by atoms with Crippen LogP contribution in [0.15, 0.2) is 18.3 Å². The molecule has 0 saturated carbocycles. The quantitative estimate of drug-likeness (QED) is 0.803. The van der Waals surface area contributed by atoms with Gasteiger partial charge in [0.25, 0.3) is 0 Å². The fourth-order valence-corrected chi connectivity index (χ4v) is 1.94. The second-order valence-corrected chi connectivity index (χ2v) is 4.79. The van der Waals surface area contributed by atoms with Gasteiger partial charge in [0.15, 0.2) is 0 Å². The summed E-state index contributed by atoms with van der Waals surface area (Å²) in [6.45, 7) is 0.439. The van der Waals surface area contributed by atoms with Crippen LogP contribution in [0.4, 0.5) is 5.82 Å². The Morgan fingerprint density at radius 3 is 3.00 bits per heavy atom. The summed E-state index contributed by atoms with van der Waals surface area (Å²) >= 11 is 0. The molecule has 0 aliphatic carbocycles. The normalized spacial score (nSPS) is 18.0. The molecule has 1 atom stereocenters. The van der Waals surface area contributed by atoms with Crippen LogP contribution in [0.3, 0.4) is 0 Å². The van der Waals surface area contributed by atoms with Crippen LogP contribution in [0.1, 0.15) is 18.4 Å². The van der Waals surface area contributed by atoms with Crippen LogP contribution in [-0.4, -0.2) is 36.9 Å². The lowest BCUT2D eigenvalue weighted by Crippen LogP contribution is -2.41. The molecule has 1 aliphatic rings. The molecule has 102 valence electrons. The fraction of sp³-hybridized carbons (Fsp3) is 0.462. The summed E-state index contributed by atoms with van der Waals surface area (Å²) in [6, 6.07) is 3.40. The fourth-order valence-electron chi connectivity index (χ4n) is 1.94. The van der Waals surface area contributed by atoms with Crippen molar-refractivity contribution >= 4 is 17.6 Å². The van der Waals surface area contributed by atoms with E-state index in [4.69, 9.17) is 0 Å². The van der Waals surface area contributed by atoms with Gasteiger partial charge in [-0.25, -0.2) is 4.98 Å². The van der Waals surface area contributed by atoms with Gasteiger partial charge in [-0.15, -0.1) is 0 Å². The summed E-state index contributed by atoms with van der Waals surface area (Å²) in [6.07, 6.45) is 2.72. The molecule has 0 aromatic carbocycles. The largest absolute Gasteiger partial charge is 0.363 e. The van der Waals surface area contributed by atoms with Gasteiger partial charge in [-0.05, 0) is 24.1 Å². The van der Waals surface area contributed by atoms with E-state index in [1.807, 2.05) is 31.1 Å². The average molecular weight is 262 g/mol. The highest BCUT2D eigenvalue weighted by Gasteiger charge is 2.26. The molecule has 19 heavy (non-hydrogen) atoms. The summed E-state index contributed by atoms with van der Waals surface area (Å²) in [5.74, 6) is 0.661. The molecule has 1 aromatic heterocycles. The summed E-state index contributed by atoms with van der Waals surface area (Å²) in [4.78, 5) is 29.0. The molecular formula is C13H18N4O2. The number of rotatable bonds is 4. The van der Waals surface area contributed by atoms with Crippen LogP contribution in [-0.2, 0) is 16.1 Å². The van der Waals surface area contributed by atoms with Crippen molar-refractivity contribution in [3.63, 3.8) is 0 Å². The molecule has 2 N–H and O–H groups in total. The first kappa shape index (κ1) is 13.3. The van der Waals surface area contributed by atoms with Crippen molar-refractivity contribution in [1.82, 2.24) is 15.6 Å². The van der Waals surface area contributed by atoms with Crippen LogP contribution >= 0.6 is 0 Å². The lowest BCUT2D eigenvalue weighted by atomic mass is 10.2. The maximum Gasteiger partial charge on any atom is 0.242 e. The van der Waals surface area contributed by atoms with Crippen molar-refractivity contribution in [3.8, 4) is 0 Å². The third-order valence-corrected chi connectivity index (χ3v) is 3.05. The Kier molecular flexibility index (Phi) is 3.99. The molecule has 2 amide bonds. The predicted molar refractivity (Wildman–Crippen MR) is 71.6 cm³/mol. The number of hydrogen-bond acceptors (Lipinski definition) is 4. The molecule has 0 radical (unpaired) electrons. The minimum Gasteiger partial charge on any atom is -0.363 e. The van der Waals surface area contributed by atoms with Crippen molar-refractivity contribution in [3.05, 3.63) is 23.9 Å². The zero-order valence-electron chi connectivity index (χ0n) is 11.1. The second kappa shape index (κ2) is 5.69. The molecule has 2 heterocycles. The van der Waals surface area contributed by atoms with Gasteiger partial charge < -0.3 is 15.5 Å². The van der Waals surface area contributed by atoms with Crippen molar-refractivity contribution in [2.24, 2.45) is 0 Å². The Balaban J connectivity index is 1.90. The van der Waals surface area contributed by atoms with E-state index in [-0.39, 0.29) is 17.9 Å². The number of nitrogens with zero attached hydrogens (tertiary/aromatic N) is 2. The van der Waals surface area contributed by atoms with Crippen LogP contribution in [0.25, 0.3) is 0 Å². The van der Waals surface area contributed by atoms with E-state index < -0.39 is 0 Å². The summed E-state index contributed by atoms with van der Waals surface area (Å²) in [7, 11) is 3.83. The predicted octanol–water partition coefficient (Wildman–Crippen LogP) is 0.0424. The van der Waals surface area contributed by atoms with Gasteiger partial charge in [0, 0.05) is 33.3 Å². The molecular weight excluding hydrogens is 244 g/mol. The smallest absolute Gasteiger partial charge is 0.242 e. The van der Waals surface area contributed by atoms with Crippen molar-refractivity contribution in [2.45, 2.75) is 25.4 Å². The van der Waals surface area contributed by atoms with E-state index in [0.717, 1.165) is 11.4 Å². The van der Waals surface area contributed by atoms with E-state index in [9.17, 15) is 9.59 Å². The Labute approximate surface area is 112 Å². The number of amides is 2. The zero-order chi connectivity index (χ0) is 13.8. The Morgan fingerprint density at radius 1 is 1.58 bits per heavy atom. The number of carbonyl (C=O) groups excluding carboxylic acids is 2. The molecule has 1 aliphatic heterocycles. The lowest BCUT2D eigenvalue weighted by Gasteiger charge is -2.14. The molecule has 6 heteroatoms. The Hall–Kier alpha value is -2.11. The van der Waals surface area contributed by atoms with E-state index in [2.05, 4.69) is 15.6 Å². The molecule has 6 nitrogen and oxygen atoms in total. The standard InChI is InChI=1S/C13H18N4O2/c1-17(2)11-7-9(5-6-14-11)8-15-13(19)10-3-4-12(18)16-10/h5-7,10H,3-4,8H2,1-2H3,(H,15,19)(H,16,18)/t10-/m0/s1. The number of anilines is 1. The minimum atomic E-state index is -0.386. The third kappa shape index (κ3) is 3.43. The maximum absolute atomic E-state index is 11.8. The first-order valence-corrected chi connectivity index (χ1v) is 6.25. The molecule has 0 spiro atoms. The molecule has 0 bridgehead atoms. The van der Waals surface area contributed by atoms with Gasteiger partial charge in [0.2, 0.25) is 11.8 Å². The number of carbonyl (C=O) groups is 2. The number of nitrogens with one attached hydrogen (secondary N) is 2. The highest BCUT2D eigenvalue weighted by molar-refractivity contribution is 5.90. The van der Waals surface area contributed by atoms with Crippen LogP contribution in [0, 0.1) is 0 Å². The van der Waals surface area contributed by atoms with Gasteiger partial charge in [0.05, 0.1) is 0 Å². The van der Waals surface area contributed by atoms with Gasteiger partial charge in [-0.3, -0.25) is 9.59 Å². The SMILES string of the molecule is CN(C)c1cc(CNC(=O)[C@@H]2CCC(=O)N2)ccn1. The molecule has 1 aromatic rings. The highest BCUT2D eigenvalue weighted by Crippen LogP contribution is 2.10. The number of pyridine rings is 1. The first-order chi connectivity index (χ1) is 9.06. The average Bonchev–Trinajstić information content (AvgIpc) is 2.83. The van der Waals surface area contributed by atoms with E-state index >= 15 is 0 Å². The van der Waals surface area contributed by atoms with Crippen molar-refractivity contribution < 1.29 is 9.59 Å². The first-order valence-electron chi connectivity index (χ1n) is 6.25. The van der Waals surface area contributed by atoms with Gasteiger partial charge in [0.1, 0.15) is 11.9 Å². The van der Waals surface area contributed by atoms with Crippen molar-refractivity contribution in [1.29, 1.82) is 0 Å². The molecule has 0 unspecified atom stereocenters. The molecule has 1 fully saturated rings. The summed E-state index contributed by atoms with van der Waals surface area (Å²) in [5, 5.41) is 5.48. The summed E-state index contributed by atoms with van der Waals surface area (Å²) < 4.78 is 0. The maximum atomic E-state index is 11.8. The summed E-state index contributed by atoms with van der Waals surface area (Å²) in [5.41, 5.74) is 0.983. The van der Waals surface area contributed by atoms with Crippen LogP contribution in [0.2, 0.25) is 0 Å². The zero-order valence-corrected chi connectivity index (χ0v) is 11.1. The van der Waals surface area contributed by atoms with E-state index in [1.165, 1.54) is 0 Å². The second-order valence-electron chi connectivity index (χ2n) is 4.79. The van der Waals surface area contributed by atoms with Gasteiger partial charge in [-0.1, -0.05) is 0 Å². The van der Waals surface area contributed by atoms with Crippen LogP contribution in [0.5, 0.6) is 0 Å². The third-order valence-electron chi connectivity index (χ3n) is 3.05. The van der Waals surface area contributed by atoms with Crippen molar-refractivity contribution in [2.75, 3.05) is 19.0 Å². The molecule has 1 saturated heterocycles. The minimum absolute atomic E-state index is 0.0565. The Bertz CT molecular complexity index is 487. The van der Waals surface area contributed by atoms with Crippen LogP contribution < -0.4 is 15.5 Å². The Morgan fingerprint density at radius 2 is 2.37 bits per heavy atom. The monoisotopic (exact) mass is 262 g/mol. The highest BCUT2D eigenvalue weighted by atomic mass is 16.2. The molecule has 2 rings (SSSR count). The van der Waals surface area contributed by atoms with Gasteiger partial charge in [-0.2, -0.15) is 0 Å². The van der Waals surface area contributed by atoms with E-state index in [1.54, 1.807) is 6.20 Å².